The summed E-state index contributed by atoms with van der Waals surface area (Å²) in [6.07, 6.45) is 2.32. The van der Waals surface area contributed by atoms with Crippen molar-refractivity contribution in [2.75, 3.05) is 0 Å². The zero-order valence-corrected chi connectivity index (χ0v) is 10.3. The van der Waals surface area contributed by atoms with E-state index in [9.17, 15) is 0 Å². The molecule has 0 unspecified atom stereocenters. The van der Waals surface area contributed by atoms with Crippen LogP contribution in [-0.2, 0) is 5.41 Å². The van der Waals surface area contributed by atoms with Crippen molar-refractivity contribution in [3.63, 3.8) is 0 Å². The van der Waals surface area contributed by atoms with Gasteiger partial charge in [-0.25, -0.2) is 0 Å². The highest BCUT2D eigenvalue weighted by Gasteiger charge is 2.52. The molecular weight excluding hydrogens is 246 g/mol. The standard InChI is InChI=1S/C10H14BrNS/c1-9(2,10(12)5-6-10)7-3-4-8(11)13-7/h3-4H,5-6,12H2,1-2H3. The Morgan fingerprint density at radius 3 is 2.46 bits per heavy atom. The summed E-state index contributed by atoms with van der Waals surface area (Å²) in [6, 6.07) is 4.29. The molecule has 1 heterocycles. The van der Waals surface area contributed by atoms with Gasteiger partial charge in [0.15, 0.2) is 0 Å². The molecule has 13 heavy (non-hydrogen) atoms. The summed E-state index contributed by atoms with van der Waals surface area (Å²) < 4.78 is 1.19. The Morgan fingerprint density at radius 1 is 1.46 bits per heavy atom. The summed E-state index contributed by atoms with van der Waals surface area (Å²) in [7, 11) is 0. The predicted octanol–water partition coefficient (Wildman–Crippen LogP) is 3.28. The summed E-state index contributed by atoms with van der Waals surface area (Å²) in [5.74, 6) is 0. The fourth-order valence-electron chi connectivity index (χ4n) is 1.66. The van der Waals surface area contributed by atoms with E-state index < -0.39 is 0 Å². The molecule has 2 rings (SSSR count). The summed E-state index contributed by atoms with van der Waals surface area (Å²) >= 11 is 5.29. The van der Waals surface area contributed by atoms with Gasteiger partial charge in [0.25, 0.3) is 0 Å². The molecule has 2 N–H and O–H groups in total. The van der Waals surface area contributed by atoms with Gasteiger partial charge in [-0.1, -0.05) is 13.8 Å². The third-order valence-electron chi connectivity index (χ3n) is 3.22. The minimum absolute atomic E-state index is 0.0529. The smallest absolute Gasteiger partial charge is 0.0701 e. The molecule has 1 aliphatic rings. The second-order valence-corrected chi connectivity index (χ2v) is 6.85. The average Bonchev–Trinajstić information content (AvgIpc) is 2.63. The quantitative estimate of drug-likeness (QED) is 0.867. The number of hydrogen-bond donors (Lipinski definition) is 1. The van der Waals surface area contributed by atoms with Crippen molar-refractivity contribution in [2.24, 2.45) is 5.73 Å². The lowest BCUT2D eigenvalue weighted by atomic mass is 9.81. The van der Waals surface area contributed by atoms with Gasteiger partial charge in [0.2, 0.25) is 0 Å². The van der Waals surface area contributed by atoms with E-state index in [-0.39, 0.29) is 11.0 Å². The normalized spacial score (nSPS) is 20.3. The number of halogens is 1. The maximum absolute atomic E-state index is 6.26. The molecule has 1 aromatic rings. The van der Waals surface area contributed by atoms with Crippen molar-refractivity contribution >= 4 is 27.3 Å². The Hall–Kier alpha value is 0.140. The van der Waals surface area contributed by atoms with Crippen LogP contribution in [0.15, 0.2) is 15.9 Å². The topological polar surface area (TPSA) is 26.0 Å². The molecule has 0 aliphatic heterocycles. The van der Waals surface area contributed by atoms with Crippen LogP contribution in [0.25, 0.3) is 0 Å². The van der Waals surface area contributed by atoms with Gasteiger partial charge in [-0.15, -0.1) is 11.3 Å². The molecule has 0 saturated heterocycles. The van der Waals surface area contributed by atoms with Gasteiger partial charge in [-0.05, 0) is 40.9 Å². The fourth-order valence-corrected chi connectivity index (χ4v) is 3.25. The first-order chi connectivity index (χ1) is 5.96. The zero-order chi connectivity index (χ0) is 9.69. The van der Waals surface area contributed by atoms with Crippen LogP contribution in [0.5, 0.6) is 0 Å². The van der Waals surface area contributed by atoms with Gasteiger partial charge in [-0.3, -0.25) is 0 Å². The van der Waals surface area contributed by atoms with E-state index in [2.05, 4.69) is 41.9 Å². The summed E-state index contributed by atoms with van der Waals surface area (Å²) in [5, 5.41) is 0. The number of hydrogen-bond acceptors (Lipinski definition) is 2. The van der Waals surface area contributed by atoms with E-state index >= 15 is 0 Å². The van der Waals surface area contributed by atoms with E-state index in [1.807, 2.05) is 0 Å². The number of nitrogens with two attached hydrogens (primary N) is 1. The van der Waals surface area contributed by atoms with Gasteiger partial charge in [0.1, 0.15) is 0 Å². The van der Waals surface area contributed by atoms with Crippen LogP contribution in [-0.4, -0.2) is 5.54 Å². The Bertz CT molecular complexity index is 325. The maximum atomic E-state index is 6.26. The second-order valence-electron chi connectivity index (χ2n) is 4.38. The van der Waals surface area contributed by atoms with Gasteiger partial charge in [0.05, 0.1) is 3.79 Å². The van der Waals surface area contributed by atoms with Crippen LogP contribution in [0.3, 0.4) is 0 Å². The number of rotatable bonds is 2. The van der Waals surface area contributed by atoms with E-state index in [4.69, 9.17) is 5.73 Å². The Kier molecular flexibility index (Phi) is 2.10. The first kappa shape index (κ1) is 9.69. The lowest BCUT2D eigenvalue weighted by molar-refractivity contribution is 0.398. The van der Waals surface area contributed by atoms with E-state index in [1.54, 1.807) is 11.3 Å². The van der Waals surface area contributed by atoms with Crippen LogP contribution in [0.2, 0.25) is 0 Å². The Morgan fingerprint density at radius 2 is 2.08 bits per heavy atom. The highest BCUT2D eigenvalue weighted by Crippen LogP contribution is 2.50. The highest BCUT2D eigenvalue weighted by molar-refractivity contribution is 9.11. The lowest BCUT2D eigenvalue weighted by Crippen LogP contribution is -2.42. The van der Waals surface area contributed by atoms with Crippen molar-refractivity contribution in [1.29, 1.82) is 0 Å². The lowest BCUT2D eigenvalue weighted by Gasteiger charge is -2.30. The van der Waals surface area contributed by atoms with Crippen molar-refractivity contribution in [2.45, 2.75) is 37.6 Å². The second kappa shape index (κ2) is 2.81. The molecule has 72 valence electrons. The zero-order valence-electron chi connectivity index (χ0n) is 7.93. The molecule has 0 aromatic carbocycles. The summed E-state index contributed by atoms with van der Waals surface area (Å²) in [6.45, 7) is 4.50. The van der Waals surface area contributed by atoms with Gasteiger partial charge >= 0.3 is 0 Å². The molecule has 1 saturated carbocycles. The fraction of sp³-hybridized carbons (Fsp3) is 0.600. The van der Waals surface area contributed by atoms with Gasteiger partial charge in [0, 0.05) is 15.8 Å². The molecular formula is C10H14BrNS. The monoisotopic (exact) mass is 259 g/mol. The first-order valence-electron chi connectivity index (χ1n) is 4.50. The maximum Gasteiger partial charge on any atom is 0.0701 e. The van der Waals surface area contributed by atoms with Crippen LogP contribution < -0.4 is 5.73 Å². The average molecular weight is 260 g/mol. The van der Waals surface area contributed by atoms with Crippen molar-refractivity contribution in [3.8, 4) is 0 Å². The van der Waals surface area contributed by atoms with E-state index in [0.717, 1.165) is 12.8 Å². The highest BCUT2D eigenvalue weighted by atomic mass is 79.9. The summed E-state index contributed by atoms with van der Waals surface area (Å²) in [4.78, 5) is 1.39. The van der Waals surface area contributed by atoms with Crippen LogP contribution in [0.4, 0.5) is 0 Å². The minimum Gasteiger partial charge on any atom is -0.324 e. The first-order valence-corrected chi connectivity index (χ1v) is 6.11. The van der Waals surface area contributed by atoms with Crippen LogP contribution >= 0.6 is 27.3 Å². The molecule has 0 bridgehead atoms. The van der Waals surface area contributed by atoms with E-state index in [1.165, 1.54) is 8.66 Å². The molecule has 1 nitrogen and oxygen atoms in total. The Balaban J connectivity index is 2.34. The molecule has 1 aromatic heterocycles. The molecule has 3 heteroatoms. The van der Waals surface area contributed by atoms with Crippen LogP contribution in [0.1, 0.15) is 31.6 Å². The third-order valence-corrected chi connectivity index (χ3v) is 5.17. The number of thiophene rings is 1. The van der Waals surface area contributed by atoms with Crippen molar-refractivity contribution in [1.82, 2.24) is 0 Å². The molecule has 0 atom stereocenters. The largest absolute Gasteiger partial charge is 0.324 e. The van der Waals surface area contributed by atoms with Crippen molar-refractivity contribution in [3.05, 3.63) is 20.8 Å². The van der Waals surface area contributed by atoms with Crippen LogP contribution in [0, 0.1) is 0 Å². The molecule has 0 spiro atoms. The van der Waals surface area contributed by atoms with Gasteiger partial charge in [-0.2, -0.15) is 0 Å². The minimum atomic E-state index is 0.0529. The van der Waals surface area contributed by atoms with Gasteiger partial charge < -0.3 is 5.73 Å². The third kappa shape index (κ3) is 1.47. The summed E-state index contributed by atoms with van der Waals surface area (Å²) in [5.41, 5.74) is 6.44. The van der Waals surface area contributed by atoms with Crippen molar-refractivity contribution < 1.29 is 0 Å². The Labute approximate surface area is 91.5 Å². The molecule has 1 fully saturated rings. The molecule has 0 amide bonds. The predicted molar refractivity (Wildman–Crippen MR) is 61.2 cm³/mol. The SMILES string of the molecule is CC(C)(c1ccc(Br)s1)C1(N)CC1. The molecule has 0 radical (unpaired) electrons. The van der Waals surface area contributed by atoms with E-state index in [0.29, 0.717) is 0 Å². The molecule has 1 aliphatic carbocycles.